The molecule has 1 rings (SSSR count). The van der Waals surface area contributed by atoms with E-state index in [1.807, 2.05) is 0 Å². The lowest BCUT2D eigenvalue weighted by molar-refractivity contribution is -0.0698. The lowest BCUT2D eigenvalue weighted by Gasteiger charge is -2.28. The van der Waals surface area contributed by atoms with Gasteiger partial charge in [0.05, 0.1) is 11.2 Å². The Hall–Kier alpha value is -0.0800. The first kappa shape index (κ1) is 13.0. The summed E-state index contributed by atoms with van der Waals surface area (Å²) in [6, 6.07) is 0.492. The summed E-state index contributed by atoms with van der Waals surface area (Å²) >= 11 is 0. The molecule has 0 aliphatic carbocycles. The summed E-state index contributed by atoms with van der Waals surface area (Å²) < 4.78 is 6.04. The van der Waals surface area contributed by atoms with Crippen LogP contribution < -0.4 is 5.32 Å². The van der Waals surface area contributed by atoms with Crippen LogP contribution in [0.5, 0.6) is 0 Å². The van der Waals surface area contributed by atoms with Crippen LogP contribution in [0.3, 0.4) is 0 Å². The van der Waals surface area contributed by atoms with Crippen molar-refractivity contribution in [2.24, 2.45) is 5.92 Å². The fourth-order valence-corrected chi connectivity index (χ4v) is 2.43. The van der Waals surface area contributed by atoms with E-state index in [0.717, 1.165) is 18.9 Å². The van der Waals surface area contributed by atoms with Crippen LogP contribution in [0.15, 0.2) is 0 Å². The molecular formula is C13H27NO. The summed E-state index contributed by atoms with van der Waals surface area (Å²) in [5.41, 5.74) is -0.000519. The molecule has 1 aliphatic rings. The van der Waals surface area contributed by atoms with Crippen LogP contribution in [-0.4, -0.2) is 23.8 Å². The van der Waals surface area contributed by atoms with Crippen LogP contribution in [0.2, 0.25) is 0 Å². The molecule has 2 nitrogen and oxygen atoms in total. The van der Waals surface area contributed by atoms with Gasteiger partial charge in [-0.3, -0.25) is 0 Å². The maximum atomic E-state index is 6.04. The standard InChI is InChI=1S/C13H27NO/c1-10(2)7-8-14-11-9-12(3,4)15-13(11,5)6/h10-11,14H,7-9H2,1-6H3/t11-/m1/s1. The van der Waals surface area contributed by atoms with Gasteiger partial charge >= 0.3 is 0 Å². The van der Waals surface area contributed by atoms with Crippen molar-refractivity contribution >= 4 is 0 Å². The zero-order chi connectivity index (χ0) is 11.7. The van der Waals surface area contributed by atoms with Gasteiger partial charge in [-0.1, -0.05) is 13.8 Å². The third-order valence-corrected chi connectivity index (χ3v) is 3.19. The molecule has 0 amide bonds. The van der Waals surface area contributed by atoms with E-state index in [1.54, 1.807) is 0 Å². The van der Waals surface area contributed by atoms with Crippen LogP contribution in [0.25, 0.3) is 0 Å². The second-order valence-electron chi connectivity index (χ2n) is 6.36. The minimum absolute atomic E-state index is 0.0268. The third-order valence-electron chi connectivity index (χ3n) is 3.19. The molecule has 1 fully saturated rings. The monoisotopic (exact) mass is 213 g/mol. The molecular weight excluding hydrogens is 186 g/mol. The van der Waals surface area contributed by atoms with Gasteiger partial charge in [0.2, 0.25) is 0 Å². The van der Waals surface area contributed by atoms with Gasteiger partial charge in [-0.2, -0.15) is 0 Å². The Morgan fingerprint density at radius 2 is 1.87 bits per heavy atom. The van der Waals surface area contributed by atoms with E-state index in [1.165, 1.54) is 6.42 Å². The zero-order valence-electron chi connectivity index (χ0n) is 11.2. The van der Waals surface area contributed by atoms with Crippen molar-refractivity contribution in [3.05, 3.63) is 0 Å². The Bertz CT molecular complexity index is 209. The predicted octanol–water partition coefficient (Wildman–Crippen LogP) is 2.97. The lowest BCUT2D eigenvalue weighted by atomic mass is 9.94. The number of hydrogen-bond acceptors (Lipinski definition) is 2. The van der Waals surface area contributed by atoms with Gasteiger partial charge < -0.3 is 10.1 Å². The van der Waals surface area contributed by atoms with Gasteiger partial charge in [0.1, 0.15) is 0 Å². The van der Waals surface area contributed by atoms with Crippen LogP contribution in [0.4, 0.5) is 0 Å². The van der Waals surface area contributed by atoms with Crippen molar-refractivity contribution in [3.63, 3.8) is 0 Å². The van der Waals surface area contributed by atoms with Crippen LogP contribution >= 0.6 is 0 Å². The molecule has 1 atom stereocenters. The molecule has 1 heterocycles. The molecule has 15 heavy (non-hydrogen) atoms. The summed E-state index contributed by atoms with van der Waals surface area (Å²) in [4.78, 5) is 0. The van der Waals surface area contributed by atoms with Crippen molar-refractivity contribution in [2.75, 3.05) is 6.54 Å². The van der Waals surface area contributed by atoms with E-state index in [4.69, 9.17) is 4.74 Å². The second kappa shape index (κ2) is 4.42. The first-order valence-electron chi connectivity index (χ1n) is 6.16. The highest BCUT2D eigenvalue weighted by Crippen LogP contribution is 2.37. The van der Waals surface area contributed by atoms with E-state index in [-0.39, 0.29) is 11.2 Å². The molecule has 0 aromatic rings. The summed E-state index contributed by atoms with van der Waals surface area (Å²) in [5, 5.41) is 3.63. The maximum Gasteiger partial charge on any atom is 0.0787 e. The van der Waals surface area contributed by atoms with E-state index < -0.39 is 0 Å². The molecule has 0 saturated carbocycles. The van der Waals surface area contributed by atoms with Gasteiger partial charge in [0, 0.05) is 6.04 Å². The third kappa shape index (κ3) is 3.76. The molecule has 90 valence electrons. The summed E-state index contributed by atoms with van der Waals surface area (Å²) in [7, 11) is 0. The molecule has 0 aromatic heterocycles. The number of rotatable bonds is 4. The van der Waals surface area contributed by atoms with Gasteiger partial charge in [-0.25, -0.2) is 0 Å². The largest absolute Gasteiger partial charge is 0.368 e. The van der Waals surface area contributed by atoms with Gasteiger partial charge in [0.15, 0.2) is 0 Å². The van der Waals surface area contributed by atoms with Gasteiger partial charge in [-0.15, -0.1) is 0 Å². The Labute approximate surface area is 94.8 Å². The van der Waals surface area contributed by atoms with Crippen molar-refractivity contribution in [1.29, 1.82) is 0 Å². The molecule has 2 heteroatoms. The smallest absolute Gasteiger partial charge is 0.0787 e. The van der Waals surface area contributed by atoms with Crippen LogP contribution in [0.1, 0.15) is 54.4 Å². The van der Waals surface area contributed by atoms with E-state index >= 15 is 0 Å². The quantitative estimate of drug-likeness (QED) is 0.775. The highest BCUT2D eigenvalue weighted by molar-refractivity contribution is 4.98. The first-order valence-corrected chi connectivity index (χ1v) is 6.16. The molecule has 1 aliphatic heterocycles. The lowest BCUT2D eigenvalue weighted by Crippen LogP contribution is -2.43. The van der Waals surface area contributed by atoms with E-state index in [9.17, 15) is 0 Å². The fraction of sp³-hybridized carbons (Fsp3) is 1.00. The van der Waals surface area contributed by atoms with Crippen molar-refractivity contribution in [3.8, 4) is 0 Å². The SMILES string of the molecule is CC(C)CCN[C@@H]1CC(C)(C)OC1(C)C. The van der Waals surface area contributed by atoms with Crippen molar-refractivity contribution < 1.29 is 4.74 Å². The highest BCUT2D eigenvalue weighted by atomic mass is 16.5. The van der Waals surface area contributed by atoms with Gasteiger partial charge in [0.25, 0.3) is 0 Å². The van der Waals surface area contributed by atoms with Crippen LogP contribution in [-0.2, 0) is 4.74 Å². The van der Waals surface area contributed by atoms with Crippen molar-refractivity contribution in [2.45, 2.75) is 71.6 Å². The Kier molecular flexibility index (Phi) is 3.83. The molecule has 0 aromatic carbocycles. The van der Waals surface area contributed by atoms with Gasteiger partial charge in [-0.05, 0) is 53.0 Å². The number of nitrogens with one attached hydrogen (secondary N) is 1. The summed E-state index contributed by atoms with van der Waals surface area (Å²) in [5.74, 6) is 0.774. The summed E-state index contributed by atoms with van der Waals surface area (Å²) in [6.45, 7) is 14.4. The maximum absolute atomic E-state index is 6.04. The predicted molar refractivity (Wildman–Crippen MR) is 65.1 cm³/mol. The average Bonchev–Trinajstić information content (AvgIpc) is 2.18. The van der Waals surface area contributed by atoms with Crippen LogP contribution in [0, 0.1) is 5.92 Å². The fourth-order valence-electron chi connectivity index (χ4n) is 2.43. The Morgan fingerprint density at radius 3 is 2.27 bits per heavy atom. The zero-order valence-corrected chi connectivity index (χ0v) is 11.2. The van der Waals surface area contributed by atoms with E-state index in [0.29, 0.717) is 6.04 Å². The average molecular weight is 213 g/mol. The Balaban J connectivity index is 2.41. The molecule has 1 saturated heterocycles. The minimum Gasteiger partial charge on any atom is -0.368 e. The number of ether oxygens (including phenoxy) is 1. The van der Waals surface area contributed by atoms with E-state index in [2.05, 4.69) is 46.9 Å². The topological polar surface area (TPSA) is 21.3 Å². The molecule has 1 N–H and O–H groups in total. The molecule has 0 bridgehead atoms. The normalized spacial score (nSPS) is 28.6. The molecule has 0 unspecified atom stereocenters. The highest BCUT2D eigenvalue weighted by Gasteiger charge is 2.45. The second-order valence-corrected chi connectivity index (χ2v) is 6.36. The Morgan fingerprint density at radius 1 is 1.27 bits per heavy atom. The molecule has 0 spiro atoms. The summed E-state index contributed by atoms with van der Waals surface area (Å²) in [6.07, 6.45) is 2.35. The number of hydrogen-bond donors (Lipinski definition) is 1. The van der Waals surface area contributed by atoms with Crippen molar-refractivity contribution in [1.82, 2.24) is 5.32 Å². The first-order chi connectivity index (χ1) is 6.73. The minimum atomic E-state index is -0.0273. The molecule has 0 radical (unpaired) electrons.